The minimum Gasteiger partial charge on any atom is -0.399 e. The predicted molar refractivity (Wildman–Crippen MR) is 78.8 cm³/mol. The fourth-order valence-corrected chi connectivity index (χ4v) is 2.79. The number of anilines is 2. The van der Waals surface area contributed by atoms with E-state index in [1.165, 1.54) is 12.8 Å². The molecule has 1 fully saturated rings. The molecule has 0 bridgehead atoms. The minimum atomic E-state index is -0.0996. The first-order valence-corrected chi connectivity index (χ1v) is 6.86. The Morgan fingerprint density at radius 1 is 1.32 bits per heavy atom. The van der Waals surface area contributed by atoms with E-state index in [0.717, 1.165) is 12.8 Å². The van der Waals surface area contributed by atoms with Gasteiger partial charge in [0, 0.05) is 17.4 Å². The molecule has 0 radical (unpaired) electrons. The summed E-state index contributed by atoms with van der Waals surface area (Å²) in [6.45, 7) is 4.42. The van der Waals surface area contributed by atoms with E-state index in [1.54, 1.807) is 18.2 Å². The molecule has 0 aromatic heterocycles. The molecule has 1 unspecified atom stereocenters. The summed E-state index contributed by atoms with van der Waals surface area (Å²) in [6.07, 6.45) is 4.60. The van der Waals surface area contributed by atoms with E-state index in [0.29, 0.717) is 16.9 Å². The number of benzene rings is 1. The molecule has 104 valence electrons. The number of nitrogen functional groups attached to an aromatic ring is 2. The Hall–Kier alpha value is -1.71. The van der Waals surface area contributed by atoms with E-state index >= 15 is 0 Å². The fourth-order valence-electron chi connectivity index (χ4n) is 2.79. The van der Waals surface area contributed by atoms with Gasteiger partial charge in [0.2, 0.25) is 0 Å². The second-order valence-electron chi connectivity index (χ2n) is 6.11. The molecule has 5 N–H and O–H groups in total. The number of rotatable bonds is 2. The van der Waals surface area contributed by atoms with Crippen LogP contribution in [0.2, 0.25) is 0 Å². The van der Waals surface area contributed by atoms with Crippen LogP contribution in [0.15, 0.2) is 18.2 Å². The normalized spacial score (nSPS) is 21.9. The molecule has 0 heterocycles. The summed E-state index contributed by atoms with van der Waals surface area (Å²) in [6, 6.07) is 5.24. The molecule has 2 rings (SSSR count). The van der Waals surface area contributed by atoms with Crippen LogP contribution in [0.4, 0.5) is 11.4 Å². The zero-order chi connectivity index (χ0) is 14.0. The summed E-state index contributed by atoms with van der Waals surface area (Å²) in [7, 11) is 0. The highest BCUT2D eigenvalue weighted by Crippen LogP contribution is 2.35. The summed E-state index contributed by atoms with van der Waals surface area (Å²) >= 11 is 0. The summed E-state index contributed by atoms with van der Waals surface area (Å²) in [5, 5.41) is 3.13. The molecule has 19 heavy (non-hydrogen) atoms. The number of amides is 1. The van der Waals surface area contributed by atoms with Crippen molar-refractivity contribution in [2.24, 2.45) is 5.41 Å². The van der Waals surface area contributed by atoms with Crippen molar-refractivity contribution in [1.29, 1.82) is 0 Å². The van der Waals surface area contributed by atoms with Crippen molar-refractivity contribution < 1.29 is 4.79 Å². The minimum absolute atomic E-state index is 0.0996. The zero-order valence-electron chi connectivity index (χ0n) is 11.7. The molecular formula is C15H23N3O. The first-order valence-electron chi connectivity index (χ1n) is 6.86. The van der Waals surface area contributed by atoms with Crippen LogP contribution < -0.4 is 16.8 Å². The third kappa shape index (κ3) is 3.00. The van der Waals surface area contributed by atoms with Crippen molar-refractivity contribution in [3.05, 3.63) is 23.8 Å². The third-order valence-corrected chi connectivity index (χ3v) is 4.13. The first kappa shape index (κ1) is 13.7. The molecule has 0 aliphatic heterocycles. The van der Waals surface area contributed by atoms with Gasteiger partial charge in [-0.2, -0.15) is 0 Å². The van der Waals surface area contributed by atoms with Crippen molar-refractivity contribution in [1.82, 2.24) is 5.32 Å². The van der Waals surface area contributed by atoms with E-state index in [1.807, 2.05) is 0 Å². The van der Waals surface area contributed by atoms with Gasteiger partial charge in [0.15, 0.2) is 0 Å². The van der Waals surface area contributed by atoms with E-state index in [2.05, 4.69) is 19.2 Å². The first-order chi connectivity index (χ1) is 8.90. The van der Waals surface area contributed by atoms with Crippen LogP contribution in [0.5, 0.6) is 0 Å². The standard InChI is InChI=1S/C15H23N3O/c1-15(2)8-4-3-5-13(15)18-14(19)11-7-6-10(16)9-12(11)17/h6-7,9,13H,3-5,8,16-17H2,1-2H3,(H,18,19). The summed E-state index contributed by atoms with van der Waals surface area (Å²) in [4.78, 5) is 12.3. The Balaban J connectivity index is 2.12. The van der Waals surface area contributed by atoms with Gasteiger partial charge in [0.25, 0.3) is 5.91 Å². The molecule has 0 saturated heterocycles. The molecular weight excluding hydrogens is 238 g/mol. The Bertz CT molecular complexity index is 482. The third-order valence-electron chi connectivity index (χ3n) is 4.13. The molecule has 0 spiro atoms. The predicted octanol–water partition coefficient (Wildman–Crippen LogP) is 2.55. The van der Waals surface area contributed by atoms with Crippen LogP contribution in [-0.4, -0.2) is 11.9 Å². The van der Waals surface area contributed by atoms with Gasteiger partial charge in [-0.05, 0) is 36.5 Å². The lowest BCUT2D eigenvalue weighted by Crippen LogP contribution is -2.46. The van der Waals surface area contributed by atoms with Gasteiger partial charge in [0.05, 0.1) is 5.56 Å². The average molecular weight is 261 g/mol. The molecule has 1 saturated carbocycles. The number of hydrogen-bond acceptors (Lipinski definition) is 3. The van der Waals surface area contributed by atoms with E-state index in [9.17, 15) is 4.79 Å². The highest BCUT2D eigenvalue weighted by atomic mass is 16.1. The van der Waals surface area contributed by atoms with Crippen molar-refractivity contribution in [2.75, 3.05) is 11.5 Å². The van der Waals surface area contributed by atoms with Crippen molar-refractivity contribution >= 4 is 17.3 Å². The Kier molecular flexibility index (Phi) is 3.69. The lowest BCUT2D eigenvalue weighted by molar-refractivity contribution is 0.0854. The molecule has 1 atom stereocenters. The van der Waals surface area contributed by atoms with E-state index < -0.39 is 0 Å². The van der Waals surface area contributed by atoms with Crippen molar-refractivity contribution in [3.8, 4) is 0 Å². The second kappa shape index (κ2) is 5.11. The average Bonchev–Trinajstić information content (AvgIpc) is 2.31. The number of nitrogens with one attached hydrogen (secondary N) is 1. The second-order valence-corrected chi connectivity index (χ2v) is 6.11. The Morgan fingerprint density at radius 2 is 2.05 bits per heavy atom. The molecule has 1 aliphatic carbocycles. The summed E-state index contributed by atoms with van der Waals surface area (Å²) in [5.74, 6) is -0.0996. The van der Waals surface area contributed by atoms with Gasteiger partial charge in [-0.3, -0.25) is 4.79 Å². The maximum Gasteiger partial charge on any atom is 0.253 e. The number of hydrogen-bond donors (Lipinski definition) is 3. The van der Waals surface area contributed by atoms with Crippen LogP contribution in [-0.2, 0) is 0 Å². The van der Waals surface area contributed by atoms with Gasteiger partial charge in [-0.25, -0.2) is 0 Å². The molecule has 1 aromatic rings. The zero-order valence-corrected chi connectivity index (χ0v) is 11.7. The largest absolute Gasteiger partial charge is 0.399 e. The van der Waals surface area contributed by atoms with Gasteiger partial charge in [0.1, 0.15) is 0 Å². The highest BCUT2D eigenvalue weighted by Gasteiger charge is 2.33. The Morgan fingerprint density at radius 3 is 2.68 bits per heavy atom. The van der Waals surface area contributed by atoms with Gasteiger partial charge < -0.3 is 16.8 Å². The quantitative estimate of drug-likeness (QED) is 0.716. The Labute approximate surface area is 114 Å². The fraction of sp³-hybridized carbons (Fsp3) is 0.533. The van der Waals surface area contributed by atoms with Gasteiger partial charge in [-0.15, -0.1) is 0 Å². The smallest absolute Gasteiger partial charge is 0.253 e. The number of nitrogens with two attached hydrogens (primary N) is 2. The summed E-state index contributed by atoms with van der Waals surface area (Å²) in [5.41, 5.74) is 13.2. The SMILES string of the molecule is CC1(C)CCCCC1NC(=O)c1ccc(N)cc1N. The molecule has 1 aliphatic rings. The maximum absolute atomic E-state index is 12.3. The molecule has 4 nitrogen and oxygen atoms in total. The number of carbonyl (C=O) groups excluding carboxylic acids is 1. The van der Waals surface area contributed by atoms with Crippen LogP contribution >= 0.6 is 0 Å². The van der Waals surface area contributed by atoms with E-state index in [-0.39, 0.29) is 17.4 Å². The lowest BCUT2D eigenvalue weighted by atomic mass is 9.73. The van der Waals surface area contributed by atoms with Crippen LogP contribution in [0, 0.1) is 5.41 Å². The van der Waals surface area contributed by atoms with E-state index in [4.69, 9.17) is 11.5 Å². The topological polar surface area (TPSA) is 81.1 Å². The lowest BCUT2D eigenvalue weighted by Gasteiger charge is -2.39. The van der Waals surface area contributed by atoms with Crippen LogP contribution in [0.3, 0.4) is 0 Å². The van der Waals surface area contributed by atoms with Crippen LogP contribution in [0.1, 0.15) is 49.9 Å². The van der Waals surface area contributed by atoms with Gasteiger partial charge in [-0.1, -0.05) is 26.7 Å². The van der Waals surface area contributed by atoms with Crippen molar-refractivity contribution in [3.63, 3.8) is 0 Å². The molecule has 1 amide bonds. The monoisotopic (exact) mass is 261 g/mol. The van der Waals surface area contributed by atoms with Crippen molar-refractivity contribution in [2.45, 2.75) is 45.6 Å². The highest BCUT2D eigenvalue weighted by molar-refractivity contribution is 5.99. The maximum atomic E-state index is 12.3. The molecule has 4 heteroatoms. The van der Waals surface area contributed by atoms with Gasteiger partial charge >= 0.3 is 0 Å². The number of carbonyl (C=O) groups is 1. The summed E-state index contributed by atoms with van der Waals surface area (Å²) < 4.78 is 0. The van der Waals surface area contributed by atoms with Crippen LogP contribution in [0.25, 0.3) is 0 Å². The molecule has 1 aromatic carbocycles.